The molecule has 69 heavy (non-hydrogen) atoms. The van der Waals surface area contributed by atoms with Gasteiger partial charge in [-0.1, -0.05) is 96.5 Å². The van der Waals surface area contributed by atoms with E-state index in [0.29, 0.717) is 39.2 Å². The average Bonchev–Trinajstić information content (AvgIpc) is 3.93. The van der Waals surface area contributed by atoms with Gasteiger partial charge in [-0.15, -0.1) is 0 Å². The van der Waals surface area contributed by atoms with Gasteiger partial charge in [0.15, 0.2) is 12.2 Å². The number of hydrogen-bond donors (Lipinski definition) is 4. The number of β-amino-alcohol motifs (C(OH)–C–C–N with tert-alkyl or cyclic N) is 1. The number of aliphatic hydroxyl groups excluding tert-OH is 1. The minimum absolute atomic E-state index is 0.0424. The quantitative estimate of drug-likeness (QED) is 0.0748. The number of carbonyl (C=O) groups excluding carboxylic acids is 4. The minimum Gasteiger partial charge on any atom is -0.489 e. The molecule has 1 saturated heterocycles. The number of carbonyl (C=O) groups is 4. The number of aromatic nitrogens is 1. The first-order valence-electron chi connectivity index (χ1n) is 22.8. The molecule has 0 radical (unpaired) electrons. The summed E-state index contributed by atoms with van der Waals surface area (Å²) in [4.78, 5) is 59.6. The molecule has 2 aliphatic rings. The number of aliphatic hydroxyl groups is 1. The fraction of sp³-hybridized carbons (Fsp3) is 0.396. The summed E-state index contributed by atoms with van der Waals surface area (Å²) in [6.07, 6.45) is 0.331. The summed E-state index contributed by atoms with van der Waals surface area (Å²) in [5.41, 5.74) is 2.54. The highest BCUT2D eigenvalue weighted by Gasteiger charge is 2.64. The number of aryl methyl sites for hydroxylation is 1. The number of hydrogen-bond acceptors (Lipinski definition) is 11. The van der Waals surface area contributed by atoms with Crippen LogP contribution in [-0.2, 0) is 32.3 Å². The Morgan fingerprint density at radius 1 is 0.928 bits per heavy atom. The monoisotopic (exact) mass is 958 g/mol. The van der Waals surface area contributed by atoms with Crippen LogP contribution in [0.15, 0.2) is 102 Å². The topological polar surface area (TPSA) is 205 Å². The highest BCUT2D eigenvalue weighted by atomic mass is 35.5. The molecule has 0 unspecified atom stereocenters. The number of ether oxygens (including phenoxy) is 3. The standard InChI is InChI=1S/C53H59ClN6O9/c1-31-44(67-30-57-31)34-13-9-32(10-14-34)26-56-47(64)42-23-37(61)27-60(42)48(65)45(51(2,3)4)58-43(62)29-66-28-33-11-18-38(19-12-33)68-39-20-15-35(16-21-39)46(63)59-49-52(5,6)50(53(49,7)8)69-40-22-17-36(25-55)41(54)24-40/h9-22,24,30,37,42,45,49-50,61H,23,26-29H2,1-8H3,(H,56,64)(H,58,62)(H,59,63)/t37-,42+,45-,49-,50-/m1/s1. The number of amides is 4. The van der Waals surface area contributed by atoms with Gasteiger partial charge in [0, 0.05) is 53.6 Å². The molecule has 1 aromatic heterocycles. The second kappa shape index (κ2) is 20.5. The molecule has 4 aromatic carbocycles. The van der Waals surface area contributed by atoms with Crippen LogP contribution in [0.4, 0.5) is 0 Å². The van der Waals surface area contributed by atoms with E-state index >= 15 is 0 Å². The Labute approximate surface area is 407 Å². The molecule has 1 saturated carbocycles. The van der Waals surface area contributed by atoms with E-state index in [1.165, 1.54) is 11.3 Å². The van der Waals surface area contributed by atoms with Gasteiger partial charge in [0.1, 0.15) is 48.1 Å². The van der Waals surface area contributed by atoms with Crippen LogP contribution < -0.4 is 25.4 Å². The SMILES string of the molecule is Cc1ncoc1-c1ccc(CNC(=O)[C@@H]2C[C@@H](O)CN2C(=O)[C@@H](NC(=O)COCc2ccc(Oc3ccc(C(=O)N[C@H]4C(C)(C)[C@H](Oc5ccc(C#N)c(Cl)c5)C4(C)C)cc3)cc2)C(C)(C)C)cc1. The largest absolute Gasteiger partial charge is 0.489 e. The summed E-state index contributed by atoms with van der Waals surface area (Å²) >= 11 is 6.24. The number of halogens is 1. The normalized spacial score (nSPS) is 19.6. The number of nitrogens with zero attached hydrogens (tertiary/aromatic N) is 3. The highest BCUT2D eigenvalue weighted by molar-refractivity contribution is 6.31. The predicted molar refractivity (Wildman–Crippen MR) is 258 cm³/mol. The Bertz CT molecular complexity index is 2690. The van der Waals surface area contributed by atoms with Crippen LogP contribution in [0.2, 0.25) is 5.02 Å². The lowest BCUT2D eigenvalue weighted by molar-refractivity contribution is -0.164. The molecule has 1 aliphatic heterocycles. The first-order chi connectivity index (χ1) is 32.6. The number of nitrogens with one attached hydrogen (secondary N) is 3. The van der Waals surface area contributed by atoms with Crippen molar-refractivity contribution in [2.45, 2.75) is 105 Å². The number of likely N-dealkylation sites (tertiary alicyclic amines) is 1. The van der Waals surface area contributed by atoms with Crippen molar-refractivity contribution in [3.63, 3.8) is 0 Å². The van der Waals surface area contributed by atoms with Gasteiger partial charge in [0.25, 0.3) is 5.91 Å². The Morgan fingerprint density at radius 2 is 1.55 bits per heavy atom. The van der Waals surface area contributed by atoms with Gasteiger partial charge in [-0.05, 0) is 72.0 Å². The van der Waals surface area contributed by atoms with Gasteiger partial charge in [0.2, 0.25) is 17.7 Å². The zero-order valence-electron chi connectivity index (χ0n) is 40.1. The van der Waals surface area contributed by atoms with Crippen molar-refractivity contribution in [3.8, 4) is 34.6 Å². The molecule has 4 amide bonds. The third-order valence-corrected chi connectivity index (χ3v) is 13.2. The Kier molecular flexibility index (Phi) is 14.9. The second-order valence-corrected chi connectivity index (χ2v) is 20.4. The van der Waals surface area contributed by atoms with E-state index in [0.717, 1.165) is 22.4 Å². The van der Waals surface area contributed by atoms with Gasteiger partial charge in [-0.25, -0.2) is 4.98 Å². The van der Waals surface area contributed by atoms with Crippen LogP contribution in [0.5, 0.6) is 17.2 Å². The summed E-state index contributed by atoms with van der Waals surface area (Å²) in [6, 6.07) is 26.5. The van der Waals surface area contributed by atoms with E-state index < -0.39 is 52.2 Å². The van der Waals surface area contributed by atoms with Crippen molar-refractivity contribution in [1.82, 2.24) is 25.8 Å². The molecule has 3 atom stereocenters. The number of benzene rings is 4. The van der Waals surface area contributed by atoms with Crippen molar-refractivity contribution >= 4 is 35.2 Å². The summed E-state index contributed by atoms with van der Waals surface area (Å²) in [5.74, 6) is 0.721. The summed E-state index contributed by atoms with van der Waals surface area (Å²) in [6.45, 7) is 15.5. The third-order valence-electron chi connectivity index (χ3n) is 12.9. The fourth-order valence-electron chi connectivity index (χ4n) is 9.52. The van der Waals surface area contributed by atoms with Gasteiger partial charge < -0.3 is 44.6 Å². The van der Waals surface area contributed by atoms with E-state index in [9.17, 15) is 29.5 Å². The molecule has 2 heterocycles. The zero-order valence-corrected chi connectivity index (χ0v) is 40.8. The minimum atomic E-state index is -1.00. The molecule has 5 aromatic rings. The maximum absolute atomic E-state index is 14.0. The van der Waals surface area contributed by atoms with Crippen molar-refractivity contribution in [1.29, 1.82) is 5.26 Å². The number of oxazole rings is 1. The molecule has 4 N–H and O–H groups in total. The van der Waals surface area contributed by atoms with Gasteiger partial charge in [-0.2, -0.15) is 5.26 Å². The lowest BCUT2D eigenvalue weighted by Gasteiger charge is -2.63. The summed E-state index contributed by atoms with van der Waals surface area (Å²) in [7, 11) is 0. The Balaban J connectivity index is 0.859. The van der Waals surface area contributed by atoms with Crippen LogP contribution in [0.3, 0.4) is 0 Å². The summed E-state index contributed by atoms with van der Waals surface area (Å²) < 4.78 is 23.6. The first kappa shape index (κ1) is 50.2. The van der Waals surface area contributed by atoms with Crippen LogP contribution in [-0.4, -0.2) is 82.1 Å². The molecular weight excluding hydrogens is 900 g/mol. The zero-order chi connectivity index (χ0) is 49.8. The molecule has 0 bridgehead atoms. The maximum Gasteiger partial charge on any atom is 0.251 e. The number of nitriles is 1. The molecular formula is C53H59ClN6O9. The van der Waals surface area contributed by atoms with E-state index in [4.69, 9.17) is 30.2 Å². The predicted octanol–water partition coefficient (Wildman–Crippen LogP) is 7.91. The Hall–Kier alpha value is -6.73. The first-order valence-corrected chi connectivity index (χ1v) is 23.2. The second-order valence-electron chi connectivity index (χ2n) is 20.0. The van der Waals surface area contributed by atoms with E-state index in [-0.39, 0.29) is 50.8 Å². The maximum atomic E-state index is 14.0. The summed E-state index contributed by atoms with van der Waals surface area (Å²) in [5, 5.41) is 29.0. The molecule has 0 spiro atoms. The molecule has 7 rings (SSSR count). The third kappa shape index (κ3) is 11.4. The van der Waals surface area contributed by atoms with Crippen molar-refractivity contribution < 1.29 is 42.9 Å². The van der Waals surface area contributed by atoms with Crippen molar-refractivity contribution in [2.75, 3.05) is 13.2 Å². The lowest BCUT2D eigenvalue weighted by Crippen LogP contribution is -2.74. The van der Waals surface area contributed by atoms with Crippen molar-refractivity contribution in [3.05, 3.63) is 130 Å². The van der Waals surface area contributed by atoms with Gasteiger partial charge in [-0.3, -0.25) is 19.2 Å². The van der Waals surface area contributed by atoms with Crippen LogP contribution in [0.25, 0.3) is 11.3 Å². The van der Waals surface area contributed by atoms with Crippen LogP contribution >= 0.6 is 11.6 Å². The van der Waals surface area contributed by atoms with Gasteiger partial charge in [0.05, 0.1) is 29.0 Å². The smallest absolute Gasteiger partial charge is 0.251 e. The molecule has 1 aliphatic carbocycles. The van der Waals surface area contributed by atoms with E-state index in [2.05, 4.69) is 27.0 Å². The highest BCUT2D eigenvalue weighted by Crippen LogP contribution is 2.55. The molecule has 2 fully saturated rings. The van der Waals surface area contributed by atoms with Crippen LogP contribution in [0, 0.1) is 34.5 Å². The average molecular weight is 960 g/mol. The molecule has 362 valence electrons. The Morgan fingerprint density at radius 3 is 2.14 bits per heavy atom. The van der Waals surface area contributed by atoms with E-state index in [1.54, 1.807) is 54.6 Å². The lowest BCUT2D eigenvalue weighted by atomic mass is 9.49. The van der Waals surface area contributed by atoms with Gasteiger partial charge >= 0.3 is 0 Å². The van der Waals surface area contributed by atoms with Crippen molar-refractivity contribution in [2.24, 2.45) is 16.2 Å². The number of rotatable bonds is 16. The van der Waals surface area contributed by atoms with Crippen LogP contribution in [0.1, 0.15) is 87.6 Å². The van der Waals surface area contributed by atoms with E-state index in [1.807, 2.05) is 91.8 Å². The molecule has 16 heteroatoms. The molecule has 15 nitrogen and oxygen atoms in total. The fourth-order valence-corrected chi connectivity index (χ4v) is 9.73.